The number of carbonyl (C=O) groups is 3. The summed E-state index contributed by atoms with van der Waals surface area (Å²) in [6.07, 6.45) is 0.655. The van der Waals surface area contributed by atoms with Crippen molar-refractivity contribution in [1.82, 2.24) is 9.80 Å². The minimum absolute atomic E-state index is 0.0517. The van der Waals surface area contributed by atoms with Crippen LogP contribution in [-0.2, 0) is 16.0 Å². The average Bonchev–Trinajstić information content (AvgIpc) is 3.07. The molecule has 1 aromatic carbocycles. The van der Waals surface area contributed by atoms with E-state index in [1.54, 1.807) is 35.6 Å². The minimum Gasteiger partial charge on any atom is -0.320 e. The Hall–Kier alpha value is -2.47. The maximum Gasteiger partial charge on any atom is 0.254 e. The molecule has 118 valence electrons. The Morgan fingerprint density at radius 1 is 1.00 bits per heavy atom. The van der Waals surface area contributed by atoms with Crippen molar-refractivity contribution in [3.8, 4) is 0 Å². The molecule has 3 amide bonds. The molecule has 0 saturated carbocycles. The Morgan fingerprint density at radius 3 is 2.30 bits per heavy atom. The van der Waals surface area contributed by atoms with Crippen molar-refractivity contribution in [3.63, 3.8) is 0 Å². The number of hydrogen-bond donors (Lipinski definition) is 0. The van der Waals surface area contributed by atoms with Crippen LogP contribution in [0.2, 0.25) is 0 Å². The Labute approximate surface area is 138 Å². The number of imide groups is 1. The van der Waals surface area contributed by atoms with Gasteiger partial charge in [0.1, 0.15) is 13.1 Å². The van der Waals surface area contributed by atoms with Gasteiger partial charge in [0, 0.05) is 17.0 Å². The van der Waals surface area contributed by atoms with Gasteiger partial charge in [-0.15, -0.1) is 11.3 Å². The highest BCUT2D eigenvalue weighted by atomic mass is 32.1. The molecule has 5 nitrogen and oxygen atoms in total. The first-order valence-corrected chi connectivity index (χ1v) is 8.23. The Kier molecular flexibility index (Phi) is 4.52. The fourth-order valence-corrected chi connectivity index (χ4v) is 3.22. The van der Waals surface area contributed by atoms with Crippen molar-refractivity contribution in [2.45, 2.75) is 6.42 Å². The van der Waals surface area contributed by atoms with E-state index < -0.39 is 0 Å². The average molecular weight is 328 g/mol. The number of nitrogens with zero attached hydrogens (tertiary/aromatic N) is 2. The van der Waals surface area contributed by atoms with Crippen LogP contribution in [0.15, 0.2) is 47.8 Å². The molecular formula is C17H16N2O3S. The van der Waals surface area contributed by atoms with E-state index in [2.05, 4.69) is 0 Å². The monoisotopic (exact) mass is 328 g/mol. The number of rotatable bonds is 4. The van der Waals surface area contributed by atoms with E-state index in [1.807, 2.05) is 23.6 Å². The van der Waals surface area contributed by atoms with Crippen LogP contribution >= 0.6 is 11.3 Å². The summed E-state index contributed by atoms with van der Waals surface area (Å²) >= 11 is 1.60. The van der Waals surface area contributed by atoms with Crippen LogP contribution in [0.4, 0.5) is 0 Å². The van der Waals surface area contributed by atoms with Gasteiger partial charge in [-0.2, -0.15) is 0 Å². The topological polar surface area (TPSA) is 57.7 Å². The third-order valence-corrected chi connectivity index (χ3v) is 4.66. The SMILES string of the molecule is O=C(c1ccccc1)N1CC(=O)N(CCc2cccs2)C(=O)C1. The number of hydrogen-bond acceptors (Lipinski definition) is 4. The number of carbonyl (C=O) groups excluding carboxylic acids is 3. The summed E-state index contributed by atoms with van der Waals surface area (Å²) in [4.78, 5) is 40.5. The molecule has 0 aliphatic carbocycles. The van der Waals surface area contributed by atoms with Crippen molar-refractivity contribution >= 4 is 29.1 Å². The van der Waals surface area contributed by atoms with Gasteiger partial charge in [-0.05, 0) is 30.0 Å². The third kappa shape index (κ3) is 3.48. The molecule has 6 heteroatoms. The summed E-state index contributed by atoms with van der Waals surface area (Å²) in [5.41, 5.74) is 0.486. The van der Waals surface area contributed by atoms with Crippen molar-refractivity contribution in [2.24, 2.45) is 0 Å². The highest BCUT2D eigenvalue weighted by molar-refractivity contribution is 7.09. The summed E-state index contributed by atoms with van der Waals surface area (Å²) in [5, 5.41) is 1.97. The van der Waals surface area contributed by atoms with Crippen molar-refractivity contribution in [3.05, 3.63) is 58.3 Å². The summed E-state index contributed by atoms with van der Waals surface area (Å²) in [6, 6.07) is 12.6. The predicted octanol–water partition coefficient (Wildman–Crippen LogP) is 1.80. The predicted molar refractivity (Wildman–Crippen MR) is 87.1 cm³/mol. The zero-order valence-corrected chi connectivity index (χ0v) is 13.3. The first-order chi connectivity index (χ1) is 11.1. The van der Waals surface area contributed by atoms with Gasteiger partial charge >= 0.3 is 0 Å². The maximum absolute atomic E-state index is 12.3. The van der Waals surface area contributed by atoms with Gasteiger partial charge in [0.05, 0.1) is 0 Å². The second-order valence-electron chi connectivity index (χ2n) is 5.30. The van der Waals surface area contributed by atoms with Gasteiger partial charge in [0.2, 0.25) is 11.8 Å². The van der Waals surface area contributed by atoms with Crippen LogP contribution in [0.25, 0.3) is 0 Å². The second kappa shape index (κ2) is 6.75. The number of thiophene rings is 1. The lowest BCUT2D eigenvalue weighted by atomic mass is 10.1. The summed E-state index contributed by atoms with van der Waals surface area (Å²) in [5.74, 6) is -0.922. The van der Waals surface area contributed by atoms with Gasteiger partial charge in [-0.1, -0.05) is 24.3 Å². The molecule has 0 bridgehead atoms. The van der Waals surface area contributed by atoms with E-state index in [4.69, 9.17) is 0 Å². The lowest BCUT2D eigenvalue weighted by molar-refractivity contribution is -0.150. The molecule has 0 unspecified atom stereocenters. The fourth-order valence-electron chi connectivity index (χ4n) is 2.53. The molecule has 0 N–H and O–H groups in total. The third-order valence-electron chi connectivity index (χ3n) is 3.72. The first kappa shape index (κ1) is 15.4. The van der Waals surface area contributed by atoms with E-state index >= 15 is 0 Å². The highest BCUT2D eigenvalue weighted by Gasteiger charge is 2.33. The molecule has 0 spiro atoms. The Balaban J connectivity index is 1.64. The molecule has 1 aromatic heterocycles. The van der Waals surface area contributed by atoms with Gasteiger partial charge in [0.15, 0.2) is 0 Å². The van der Waals surface area contributed by atoms with Crippen LogP contribution in [0.3, 0.4) is 0 Å². The van der Waals surface area contributed by atoms with Gasteiger partial charge < -0.3 is 4.90 Å². The Bertz CT molecular complexity index is 695. The maximum atomic E-state index is 12.3. The van der Waals surface area contributed by atoms with Crippen LogP contribution in [0.1, 0.15) is 15.2 Å². The molecule has 0 radical (unpaired) electrons. The van der Waals surface area contributed by atoms with Gasteiger partial charge in [0.25, 0.3) is 5.91 Å². The summed E-state index contributed by atoms with van der Waals surface area (Å²) in [7, 11) is 0. The molecule has 0 atom stereocenters. The zero-order valence-electron chi connectivity index (χ0n) is 12.5. The van der Waals surface area contributed by atoms with Crippen molar-refractivity contribution in [2.75, 3.05) is 19.6 Å². The number of benzene rings is 1. The lowest BCUT2D eigenvalue weighted by Gasteiger charge is -2.32. The molecule has 1 saturated heterocycles. The van der Waals surface area contributed by atoms with E-state index in [0.29, 0.717) is 18.5 Å². The Morgan fingerprint density at radius 2 is 1.70 bits per heavy atom. The van der Waals surface area contributed by atoms with Crippen LogP contribution in [0.5, 0.6) is 0 Å². The van der Waals surface area contributed by atoms with Crippen molar-refractivity contribution < 1.29 is 14.4 Å². The van der Waals surface area contributed by atoms with E-state index in [9.17, 15) is 14.4 Å². The normalized spacial score (nSPS) is 15.1. The van der Waals surface area contributed by atoms with E-state index in [-0.39, 0.29) is 30.8 Å². The minimum atomic E-state index is -0.318. The van der Waals surface area contributed by atoms with Gasteiger partial charge in [-0.25, -0.2) is 0 Å². The second-order valence-corrected chi connectivity index (χ2v) is 6.33. The molecule has 1 aliphatic rings. The number of amides is 3. The molecule has 2 heterocycles. The molecular weight excluding hydrogens is 312 g/mol. The quantitative estimate of drug-likeness (QED) is 0.804. The smallest absolute Gasteiger partial charge is 0.254 e. The largest absolute Gasteiger partial charge is 0.320 e. The summed E-state index contributed by atoms with van der Waals surface area (Å²) < 4.78 is 0. The van der Waals surface area contributed by atoms with E-state index in [1.165, 1.54) is 9.80 Å². The van der Waals surface area contributed by atoms with Crippen LogP contribution in [-0.4, -0.2) is 47.2 Å². The standard InChI is InChI=1S/C17H16N2O3S/c20-15-11-18(17(22)13-5-2-1-3-6-13)12-16(21)19(15)9-8-14-7-4-10-23-14/h1-7,10H,8-9,11-12H2. The molecule has 3 rings (SSSR count). The highest BCUT2D eigenvalue weighted by Crippen LogP contribution is 2.13. The molecule has 1 aliphatic heterocycles. The molecule has 23 heavy (non-hydrogen) atoms. The molecule has 2 aromatic rings. The van der Waals surface area contributed by atoms with E-state index in [0.717, 1.165) is 4.88 Å². The molecule has 1 fully saturated rings. The van der Waals surface area contributed by atoms with Crippen molar-refractivity contribution in [1.29, 1.82) is 0 Å². The van der Waals surface area contributed by atoms with Crippen LogP contribution in [0, 0.1) is 0 Å². The summed E-state index contributed by atoms with van der Waals surface area (Å²) in [6.45, 7) is 0.263. The lowest BCUT2D eigenvalue weighted by Crippen LogP contribution is -2.55. The first-order valence-electron chi connectivity index (χ1n) is 7.35. The fraction of sp³-hybridized carbons (Fsp3) is 0.235. The van der Waals surface area contributed by atoms with Crippen LogP contribution < -0.4 is 0 Å². The number of piperazine rings is 1. The van der Waals surface area contributed by atoms with Gasteiger partial charge in [-0.3, -0.25) is 19.3 Å². The zero-order chi connectivity index (χ0) is 16.2.